The number of hydrogen-bond acceptors (Lipinski definition) is 2. The van der Waals surface area contributed by atoms with Gasteiger partial charge >= 0.3 is 5.97 Å². The lowest BCUT2D eigenvalue weighted by Gasteiger charge is -2.02. The Bertz CT molecular complexity index is 352. The maximum Gasteiger partial charge on any atom is 0.340 e. The molecule has 0 amide bonds. The van der Waals surface area contributed by atoms with Crippen molar-refractivity contribution in [1.82, 2.24) is 0 Å². The molecule has 0 fully saturated rings. The average molecular weight is 251 g/mol. The molecule has 0 aliphatic rings. The first-order valence-corrected chi connectivity index (χ1v) is 4.09. The van der Waals surface area contributed by atoms with Crippen LogP contribution in [0.25, 0.3) is 0 Å². The van der Waals surface area contributed by atoms with E-state index < -0.39 is 17.6 Å². The molecule has 0 saturated carbocycles. The van der Waals surface area contributed by atoms with Crippen molar-refractivity contribution in [3.63, 3.8) is 0 Å². The molecule has 0 spiro atoms. The van der Waals surface area contributed by atoms with E-state index in [2.05, 4.69) is 20.7 Å². The third kappa shape index (κ3) is 1.85. The number of ether oxygens (including phenoxy) is 1. The number of hydrogen-bond donors (Lipinski definition) is 0. The predicted molar refractivity (Wildman–Crippen MR) is 45.4 cm³/mol. The van der Waals surface area contributed by atoms with Gasteiger partial charge in [0.2, 0.25) is 0 Å². The number of rotatable bonds is 1. The third-order valence-corrected chi connectivity index (χ3v) is 2.17. The zero-order valence-corrected chi connectivity index (χ0v) is 8.19. The van der Waals surface area contributed by atoms with Crippen molar-refractivity contribution in [2.75, 3.05) is 7.11 Å². The Morgan fingerprint density at radius 3 is 2.62 bits per heavy atom. The number of esters is 1. The van der Waals surface area contributed by atoms with Crippen LogP contribution in [-0.2, 0) is 4.74 Å². The molecule has 0 saturated heterocycles. The van der Waals surface area contributed by atoms with E-state index in [1.165, 1.54) is 0 Å². The highest BCUT2D eigenvalue weighted by Gasteiger charge is 2.16. The summed E-state index contributed by atoms with van der Waals surface area (Å²) in [5, 5.41) is 0. The van der Waals surface area contributed by atoms with Gasteiger partial charge in [-0.3, -0.25) is 0 Å². The van der Waals surface area contributed by atoms with Crippen molar-refractivity contribution >= 4 is 21.9 Å². The fourth-order valence-corrected chi connectivity index (χ4v) is 1.14. The molecule has 0 unspecified atom stereocenters. The molecule has 0 heterocycles. The number of methoxy groups -OCH3 is 1. The van der Waals surface area contributed by atoms with Crippen LogP contribution in [0.5, 0.6) is 0 Å². The van der Waals surface area contributed by atoms with Crippen LogP contribution in [0.15, 0.2) is 16.6 Å². The standard InChI is InChI=1S/C8H5BrF2O2/c1-13-8(12)4-2-3-5(10)6(9)7(4)11/h2-3H,1H3. The second kappa shape index (κ2) is 3.83. The van der Waals surface area contributed by atoms with Crippen molar-refractivity contribution < 1.29 is 18.3 Å². The molecule has 1 aromatic rings. The minimum absolute atomic E-state index is 0.296. The van der Waals surface area contributed by atoms with Crippen molar-refractivity contribution in [3.8, 4) is 0 Å². The van der Waals surface area contributed by atoms with Gasteiger partial charge in [0.25, 0.3) is 0 Å². The van der Waals surface area contributed by atoms with E-state index in [0.29, 0.717) is 0 Å². The van der Waals surface area contributed by atoms with Crippen LogP contribution in [0.4, 0.5) is 8.78 Å². The third-order valence-electron chi connectivity index (χ3n) is 1.44. The van der Waals surface area contributed by atoms with Gasteiger partial charge in [0.15, 0.2) is 5.82 Å². The summed E-state index contributed by atoms with van der Waals surface area (Å²) in [6.45, 7) is 0. The Morgan fingerprint density at radius 2 is 2.08 bits per heavy atom. The lowest BCUT2D eigenvalue weighted by molar-refractivity contribution is 0.0595. The van der Waals surface area contributed by atoms with Crippen molar-refractivity contribution in [2.45, 2.75) is 0 Å². The maximum atomic E-state index is 13.1. The van der Waals surface area contributed by atoms with Gasteiger partial charge in [0, 0.05) is 0 Å². The van der Waals surface area contributed by atoms with Crippen molar-refractivity contribution in [1.29, 1.82) is 0 Å². The molecular weight excluding hydrogens is 246 g/mol. The first-order chi connectivity index (χ1) is 6.07. The molecule has 13 heavy (non-hydrogen) atoms. The lowest BCUT2D eigenvalue weighted by atomic mass is 10.2. The van der Waals surface area contributed by atoms with E-state index in [1.807, 2.05) is 0 Å². The summed E-state index contributed by atoms with van der Waals surface area (Å²) in [5.74, 6) is -2.55. The number of carbonyl (C=O) groups excluding carboxylic acids is 1. The highest BCUT2D eigenvalue weighted by Crippen LogP contribution is 2.22. The monoisotopic (exact) mass is 250 g/mol. The van der Waals surface area contributed by atoms with Crippen LogP contribution in [0.1, 0.15) is 10.4 Å². The minimum Gasteiger partial charge on any atom is -0.465 e. The van der Waals surface area contributed by atoms with Gasteiger partial charge in [-0.2, -0.15) is 0 Å². The smallest absolute Gasteiger partial charge is 0.340 e. The minimum atomic E-state index is -0.952. The highest BCUT2D eigenvalue weighted by atomic mass is 79.9. The van der Waals surface area contributed by atoms with Crippen molar-refractivity contribution in [3.05, 3.63) is 33.8 Å². The molecule has 0 aromatic heterocycles. The molecule has 0 radical (unpaired) electrons. The molecule has 0 bridgehead atoms. The summed E-state index contributed by atoms with van der Waals surface area (Å²) in [7, 11) is 1.12. The Hall–Kier alpha value is -0.970. The summed E-state index contributed by atoms with van der Waals surface area (Å²) in [5.41, 5.74) is -0.296. The molecule has 0 N–H and O–H groups in total. The highest BCUT2D eigenvalue weighted by molar-refractivity contribution is 9.10. The van der Waals surface area contributed by atoms with Crippen LogP contribution in [0, 0.1) is 11.6 Å². The first kappa shape index (κ1) is 10.1. The largest absolute Gasteiger partial charge is 0.465 e. The van der Waals surface area contributed by atoms with Crippen LogP contribution < -0.4 is 0 Å². The van der Waals surface area contributed by atoms with Gasteiger partial charge in [-0.15, -0.1) is 0 Å². The Balaban J connectivity index is 3.26. The Labute approximate surface area is 81.6 Å². The van der Waals surface area contributed by atoms with E-state index in [0.717, 1.165) is 19.2 Å². The van der Waals surface area contributed by atoms with Crippen molar-refractivity contribution in [2.24, 2.45) is 0 Å². The van der Waals surface area contributed by atoms with Gasteiger partial charge in [-0.05, 0) is 28.1 Å². The molecule has 2 nitrogen and oxygen atoms in total. The number of halogens is 3. The van der Waals surface area contributed by atoms with Gasteiger partial charge in [-0.25, -0.2) is 13.6 Å². The molecule has 0 aliphatic heterocycles. The first-order valence-electron chi connectivity index (χ1n) is 3.29. The molecule has 0 atom stereocenters. The molecule has 70 valence electrons. The molecule has 1 rings (SSSR count). The number of benzene rings is 1. The zero-order valence-electron chi connectivity index (χ0n) is 6.61. The zero-order chi connectivity index (χ0) is 10.0. The van der Waals surface area contributed by atoms with Crippen LogP contribution in [0.3, 0.4) is 0 Å². The lowest BCUT2D eigenvalue weighted by Crippen LogP contribution is -2.05. The van der Waals surface area contributed by atoms with E-state index >= 15 is 0 Å². The topological polar surface area (TPSA) is 26.3 Å². The van der Waals surface area contributed by atoms with Gasteiger partial charge in [-0.1, -0.05) is 0 Å². The summed E-state index contributed by atoms with van der Waals surface area (Å²) in [6.07, 6.45) is 0. The fraction of sp³-hybridized carbons (Fsp3) is 0.125. The molecular formula is C8H5BrF2O2. The second-order valence-corrected chi connectivity index (χ2v) is 3.01. The average Bonchev–Trinajstić information content (AvgIpc) is 2.13. The van der Waals surface area contributed by atoms with Crippen LogP contribution in [0.2, 0.25) is 0 Å². The molecule has 5 heteroatoms. The van der Waals surface area contributed by atoms with E-state index in [1.54, 1.807) is 0 Å². The summed E-state index contributed by atoms with van der Waals surface area (Å²) < 4.78 is 29.7. The quantitative estimate of drug-likeness (QED) is 0.566. The summed E-state index contributed by atoms with van der Waals surface area (Å²) >= 11 is 2.67. The summed E-state index contributed by atoms with van der Waals surface area (Å²) in [4.78, 5) is 10.9. The van der Waals surface area contributed by atoms with Gasteiger partial charge in [0.05, 0.1) is 17.1 Å². The van der Waals surface area contributed by atoms with Crippen LogP contribution >= 0.6 is 15.9 Å². The van der Waals surface area contributed by atoms with Gasteiger partial charge < -0.3 is 4.74 Å². The normalized spacial score (nSPS) is 9.85. The van der Waals surface area contributed by atoms with E-state index in [4.69, 9.17) is 0 Å². The Morgan fingerprint density at radius 1 is 1.46 bits per heavy atom. The van der Waals surface area contributed by atoms with E-state index in [9.17, 15) is 13.6 Å². The van der Waals surface area contributed by atoms with E-state index in [-0.39, 0.29) is 10.0 Å². The molecule has 0 aliphatic carbocycles. The molecule has 1 aromatic carbocycles. The Kier molecular flexibility index (Phi) is 2.98. The predicted octanol–water partition coefficient (Wildman–Crippen LogP) is 2.51. The van der Waals surface area contributed by atoms with Crippen LogP contribution in [-0.4, -0.2) is 13.1 Å². The maximum absolute atomic E-state index is 13.1. The fourth-order valence-electron chi connectivity index (χ4n) is 0.794. The SMILES string of the molecule is COC(=O)c1ccc(F)c(Br)c1F. The second-order valence-electron chi connectivity index (χ2n) is 2.21. The summed E-state index contributed by atoms with van der Waals surface area (Å²) in [6, 6.07) is 2.01. The van der Waals surface area contributed by atoms with Gasteiger partial charge in [0.1, 0.15) is 5.82 Å². The number of carbonyl (C=O) groups is 1.